The van der Waals surface area contributed by atoms with Crippen molar-refractivity contribution in [3.63, 3.8) is 0 Å². The number of rotatable bonds is 0. The second kappa shape index (κ2) is 2.36. The molecule has 50 valence electrons. The molecular formula is C7H6N2O. The van der Waals surface area contributed by atoms with Crippen molar-refractivity contribution in [1.82, 2.24) is 5.32 Å². The highest BCUT2D eigenvalue weighted by molar-refractivity contribution is 5.94. The van der Waals surface area contributed by atoms with Crippen molar-refractivity contribution in [1.29, 1.82) is 5.26 Å². The molecule has 1 N–H and O–H groups in total. The third kappa shape index (κ3) is 1.06. The Hall–Kier alpha value is -1.56. The van der Waals surface area contributed by atoms with Gasteiger partial charge in [-0.15, -0.1) is 0 Å². The molecule has 1 aliphatic heterocycles. The summed E-state index contributed by atoms with van der Waals surface area (Å²) in [4.78, 5) is 10.6. The van der Waals surface area contributed by atoms with Crippen molar-refractivity contribution < 1.29 is 4.79 Å². The first-order valence-corrected chi connectivity index (χ1v) is 2.83. The van der Waals surface area contributed by atoms with Gasteiger partial charge in [0, 0.05) is 12.2 Å². The summed E-state index contributed by atoms with van der Waals surface area (Å²) in [7, 11) is 0. The smallest absolute Gasteiger partial charge is 0.248 e. The molecule has 0 radical (unpaired) electrons. The van der Waals surface area contributed by atoms with E-state index in [-0.39, 0.29) is 5.91 Å². The minimum Gasteiger partial charge on any atom is -0.322 e. The molecule has 10 heavy (non-hydrogen) atoms. The van der Waals surface area contributed by atoms with Crippen LogP contribution in [-0.2, 0) is 4.79 Å². The topological polar surface area (TPSA) is 52.9 Å². The van der Waals surface area contributed by atoms with Crippen LogP contribution < -0.4 is 5.32 Å². The summed E-state index contributed by atoms with van der Waals surface area (Å²) in [6.07, 6.45) is 2.78. The van der Waals surface area contributed by atoms with Crippen LogP contribution >= 0.6 is 0 Å². The fourth-order valence-electron chi connectivity index (χ4n) is 0.756. The molecule has 3 nitrogen and oxygen atoms in total. The molecule has 1 amide bonds. The van der Waals surface area contributed by atoms with Crippen LogP contribution in [0.4, 0.5) is 0 Å². The molecule has 0 aromatic rings. The second-order valence-corrected chi connectivity index (χ2v) is 2.00. The highest BCUT2D eigenvalue weighted by Crippen LogP contribution is 2.10. The molecule has 0 aromatic heterocycles. The molecule has 0 saturated carbocycles. The molecular weight excluding hydrogens is 128 g/mol. The first-order valence-electron chi connectivity index (χ1n) is 2.83. The quantitative estimate of drug-likeness (QED) is 0.489. The third-order valence-corrected chi connectivity index (χ3v) is 1.24. The van der Waals surface area contributed by atoms with Crippen molar-refractivity contribution in [3.8, 4) is 6.07 Å². The lowest BCUT2D eigenvalue weighted by Gasteiger charge is -1.94. The Morgan fingerprint density at radius 2 is 2.50 bits per heavy atom. The Balaban J connectivity index is 2.90. The van der Waals surface area contributed by atoms with Gasteiger partial charge in [0.2, 0.25) is 5.91 Å². The summed E-state index contributed by atoms with van der Waals surface area (Å²) in [5, 5.41) is 10.7. The number of hydrogen-bond donors (Lipinski definition) is 1. The summed E-state index contributed by atoms with van der Waals surface area (Å²) in [6, 6.07) is 1.84. The molecule has 0 fully saturated rings. The van der Waals surface area contributed by atoms with Crippen LogP contribution in [0.5, 0.6) is 0 Å². The largest absolute Gasteiger partial charge is 0.322 e. The van der Waals surface area contributed by atoms with E-state index in [1.54, 1.807) is 6.92 Å². The maximum Gasteiger partial charge on any atom is 0.248 e. The molecule has 0 aliphatic carbocycles. The maximum atomic E-state index is 10.6. The van der Waals surface area contributed by atoms with Gasteiger partial charge in [0.1, 0.15) is 0 Å². The van der Waals surface area contributed by atoms with Crippen molar-refractivity contribution in [2.45, 2.75) is 6.92 Å². The zero-order valence-corrected chi connectivity index (χ0v) is 5.51. The fourth-order valence-corrected chi connectivity index (χ4v) is 0.756. The van der Waals surface area contributed by atoms with E-state index in [0.29, 0.717) is 5.70 Å². The van der Waals surface area contributed by atoms with Crippen molar-refractivity contribution in [3.05, 3.63) is 23.4 Å². The van der Waals surface area contributed by atoms with Gasteiger partial charge in [-0.3, -0.25) is 4.79 Å². The normalized spacial score (nSPS) is 20.2. The zero-order valence-electron chi connectivity index (χ0n) is 5.51. The standard InChI is InChI=1S/C7H6N2O/c1-5-4-7(10)9-6(5)2-3-8/h2,4H,1H3,(H,9,10). The third-order valence-electron chi connectivity index (χ3n) is 1.24. The van der Waals surface area contributed by atoms with Gasteiger partial charge in [-0.2, -0.15) is 5.26 Å². The fraction of sp³-hybridized carbons (Fsp3) is 0.143. The Labute approximate surface area is 58.6 Å². The number of hydrogen-bond acceptors (Lipinski definition) is 2. The van der Waals surface area contributed by atoms with Gasteiger partial charge in [-0.25, -0.2) is 0 Å². The Morgan fingerprint density at radius 3 is 2.90 bits per heavy atom. The highest BCUT2D eigenvalue weighted by Gasteiger charge is 2.11. The average molecular weight is 134 g/mol. The van der Waals surface area contributed by atoms with Crippen LogP contribution in [0.1, 0.15) is 6.92 Å². The zero-order chi connectivity index (χ0) is 7.56. The van der Waals surface area contributed by atoms with Crippen molar-refractivity contribution >= 4 is 5.91 Å². The van der Waals surface area contributed by atoms with Crippen LogP contribution in [-0.4, -0.2) is 5.91 Å². The predicted molar refractivity (Wildman–Crippen MR) is 35.6 cm³/mol. The van der Waals surface area contributed by atoms with Gasteiger partial charge in [-0.1, -0.05) is 0 Å². The highest BCUT2D eigenvalue weighted by atomic mass is 16.1. The molecule has 0 saturated heterocycles. The summed E-state index contributed by atoms with van der Waals surface area (Å²) in [5.74, 6) is -0.154. The molecule has 0 atom stereocenters. The van der Waals surface area contributed by atoms with Gasteiger partial charge in [-0.05, 0) is 12.5 Å². The number of carbonyl (C=O) groups is 1. The Bertz CT molecular complexity index is 268. The van der Waals surface area contributed by atoms with E-state index in [1.807, 2.05) is 6.07 Å². The SMILES string of the molecule is CC1=CC(=O)NC1=CC#N. The summed E-state index contributed by atoms with van der Waals surface area (Å²) in [5.41, 5.74) is 1.42. The minimum absolute atomic E-state index is 0.154. The lowest BCUT2D eigenvalue weighted by Crippen LogP contribution is -2.13. The van der Waals surface area contributed by atoms with Gasteiger partial charge < -0.3 is 5.32 Å². The number of carbonyl (C=O) groups excluding carboxylic acids is 1. The van der Waals surface area contributed by atoms with E-state index < -0.39 is 0 Å². The molecule has 0 unspecified atom stereocenters. The predicted octanol–water partition coefficient (Wildman–Crippen LogP) is 0.470. The summed E-state index contributed by atoms with van der Waals surface area (Å²) < 4.78 is 0. The number of nitrogens with one attached hydrogen (secondary N) is 1. The van der Waals surface area contributed by atoms with Crippen LogP contribution in [0.15, 0.2) is 23.4 Å². The van der Waals surface area contributed by atoms with Crippen LogP contribution in [0.3, 0.4) is 0 Å². The lowest BCUT2D eigenvalue weighted by molar-refractivity contribution is -0.115. The number of amides is 1. The van der Waals surface area contributed by atoms with Crippen molar-refractivity contribution in [2.24, 2.45) is 0 Å². The van der Waals surface area contributed by atoms with Gasteiger partial charge in [0.15, 0.2) is 0 Å². The summed E-state index contributed by atoms with van der Waals surface area (Å²) in [6.45, 7) is 1.78. The van der Waals surface area contributed by atoms with Gasteiger partial charge >= 0.3 is 0 Å². The Morgan fingerprint density at radius 1 is 1.80 bits per heavy atom. The average Bonchev–Trinajstić information content (AvgIpc) is 2.13. The minimum atomic E-state index is -0.154. The maximum absolute atomic E-state index is 10.6. The molecule has 0 bridgehead atoms. The monoisotopic (exact) mass is 134 g/mol. The number of nitriles is 1. The summed E-state index contributed by atoms with van der Waals surface area (Å²) >= 11 is 0. The number of allylic oxidation sites excluding steroid dienone is 2. The molecule has 0 spiro atoms. The molecule has 0 aromatic carbocycles. The second-order valence-electron chi connectivity index (χ2n) is 2.00. The molecule has 1 rings (SSSR count). The van der Waals surface area contributed by atoms with Crippen molar-refractivity contribution in [2.75, 3.05) is 0 Å². The first kappa shape index (κ1) is 6.56. The van der Waals surface area contributed by atoms with Gasteiger partial charge in [0.05, 0.1) is 11.8 Å². The molecule has 3 heteroatoms. The van der Waals surface area contributed by atoms with Gasteiger partial charge in [0.25, 0.3) is 0 Å². The van der Waals surface area contributed by atoms with Crippen LogP contribution in [0.25, 0.3) is 0 Å². The molecule has 1 aliphatic rings. The van der Waals surface area contributed by atoms with E-state index >= 15 is 0 Å². The Kier molecular flexibility index (Phi) is 1.55. The van der Waals surface area contributed by atoms with E-state index in [9.17, 15) is 4.79 Å². The van der Waals surface area contributed by atoms with E-state index in [1.165, 1.54) is 12.2 Å². The number of nitrogens with zero attached hydrogens (tertiary/aromatic N) is 1. The van der Waals surface area contributed by atoms with Crippen LogP contribution in [0.2, 0.25) is 0 Å². The van der Waals surface area contributed by atoms with E-state index in [2.05, 4.69) is 5.32 Å². The first-order chi connectivity index (χ1) is 4.74. The van der Waals surface area contributed by atoms with E-state index in [4.69, 9.17) is 5.26 Å². The molecule has 1 heterocycles. The van der Waals surface area contributed by atoms with Crippen LogP contribution in [0, 0.1) is 11.3 Å². The van der Waals surface area contributed by atoms with E-state index in [0.717, 1.165) is 5.57 Å². The lowest BCUT2D eigenvalue weighted by atomic mass is 10.2.